The summed E-state index contributed by atoms with van der Waals surface area (Å²) in [6, 6.07) is 7.23. The number of hydrogen-bond acceptors (Lipinski definition) is 2. The van der Waals surface area contributed by atoms with Crippen molar-refractivity contribution in [3.05, 3.63) is 29.8 Å². The van der Waals surface area contributed by atoms with E-state index in [1.807, 2.05) is 12.1 Å². The van der Waals surface area contributed by atoms with Crippen LogP contribution in [0.3, 0.4) is 0 Å². The van der Waals surface area contributed by atoms with Crippen molar-refractivity contribution in [3.8, 4) is 12.3 Å². The summed E-state index contributed by atoms with van der Waals surface area (Å²) in [4.78, 5) is 11.7. The van der Waals surface area contributed by atoms with Crippen molar-refractivity contribution >= 4 is 11.6 Å². The molecule has 1 unspecified atom stereocenters. The van der Waals surface area contributed by atoms with Crippen LogP contribution < -0.4 is 5.32 Å². The van der Waals surface area contributed by atoms with Crippen molar-refractivity contribution in [2.45, 2.75) is 6.42 Å². The molecule has 1 fully saturated rings. The Hall–Kier alpha value is -1.79. The maximum Gasteiger partial charge on any atom is 0.229 e. The Bertz CT molecular complexity index is 411. The Labute approximate surface area is 94.8 Å². The van der Waals surface area contributed by atoms with Gasteiger partial charge in [-0.1, -0.05) is 5.92 Å². The van der Waals surface area contributed by atoms with Crippen molar-refractivity contribution in [2.75, 3.05) is 18.5 Å². The van der Waals surface area contributed by atoms with E-state index in [1.165, 1.54) is 0 Å². The Balaban J connectivity index is 1.98. The molecule has 3 heteroatoms. The molecule has 0 spiro atoms. The van der Waals surface area contributed by atoms with Crippen molar-refractivity contribution in [3.63, 3.8) is 0 Å². The largest absolute Gasteiger partial charge is 0.381 e. The first-order chi connectivity index (χ1) is 7.79. The van der Waals surface area contributed by atoms with E-state index in [9.17, 15) is 4.79 Å². The molecule has 16 heavy (non-hydrogen) atoms. The average Bonchev–Trinajstić information content (AvgIpc) is 2.83. The highest BCUT2D eigenvalue weighted by Gasteiger charge is 2.23. The molecule has 0 radical (unpaired) electrons. The minimum absolute atomic E-state index is 0.0194. The summed E-state index contributed by atoms with van der Waals surface area (Å²) < 4.78 is 5.17. The van der Waals surface area contributed by atoms with E-state index in [-0.39, 0.29) is 11.8 Å². The van der Waals surface area contributed by atoms with Gasteiger partial charge in [-0.3, -0.25) is 4.79 Å². The summed E-state index contributed by atoms with van der Waals surface area (Å²) in [5.41, 5.74) is 1.58. The van der Waals surface area contributed by atoms with Crippen LogP contribution in [0.4, 0.5) is 5.69 Å². The Morgan fingerprint density at radius 3 is 2.75 bits per heavy atom. The number of rotatable bonds is 2. The summed E-state index contributed by atoms with van der Waals surface area (Å²) >= 11 is 0. The molecule has 0 aromatic heterocycles. The van der Waals surface area contributed by atoms with Gasteiger partial charge >= 0.3 is 0 Å². The van der Waals surface area contributed by atoms with E-state index < -0.39 is 0 Å². The SMILES string of the molecule is C#Cc1ccc(NC(=O)C2CCOC2)cc1. The second-order valence-corrected chi connectivity index (χ2v) is 3.77. The Morgan fingerprint density at radius 2 is 2.19 bits per heavy atom. The van der Waals surface area contributed by atoms with Crippen LogP contribution in [0.15, 0.2) is 24.3 Å². The van der Waals surface area contributed by atoms with Crippen LogP contribution in [-0.2, 0) is 9.53 Å². The third-order valence-corrected chi connectivity index (χ3v) is 2.62. The van der Waals surface area contributed by atoms with Gasteiger partial charge < -0.3 is 10.1 Å². The zero-order valence-corrected chi connectivity index (χ0v) is 8.90. The number of ether oxygens (including phenoxy) is 1. The van der Waals surface area contributed by atoms with E-state index in [1.54, 1.807) is 12.1 Å². The van der Waals surface area contributed by atoms with Crippen LogP contribution >= 0.6 is 0 Å². The molecule has 1 aromatic rings. The molecule has 1 aliphatic heterocycles. The minimum Gasteiger partial charge on any atom is -0.381 e. The second-order valence-electron chi connectivity index (χ2n) is 3.77. The molecular formula is C13H13NO2. The predicted molar refractivity (Wildman–Crippen MR) is 61.9 cm³/mol. The molecule has 0 saturated carbocycles. The summed E-state index contributed by atoms with van der Waals surface area (Å²) in [6.45, 7) is 1.20. The molecule has 0 aliphatic carbocycles. The van der Waals surface area contributed by atoms with Gasteiger partial charge in [0.1, 0.15) is 0 Å². The second kappa shape index (κ2) is 4.82. The number of benzene rings is 1. The van der Waals surface area contributed by atoms with Gasteiger partial charge in [0.25, 0.3) is 0 Å². The quantitative estimate of drug-likeness (QED) is 0.762. The summed E-state index contributed by atoms with van der Waals surface area (Å²) in [5.74, 6) is 2.53. The van der Waals surface area contributed by atoms with Crippen LogP contribution in [0.25, 0.3) is 0 Å². The van der Waals surface area contributed by atoms with Gasteiger partial charge in [-0.15, -0.1) is 6.42 Å². The number of anilines is 1. The maximum absolute atomic E-state index is 11.7. The fourth-order valence-electron chi connectivity index (χ4n) is 1.64. The molecule has 1 N–H and O–H groups in total. The topological polar surface area (TPSA) is 38.3 Å². The predicted octanol–water partition coefficient (Wildman–Crippen LogP) is 1.64. The van der Waals surface area contributed by atoms with E-state index in [0.29, 0.717) is 13.2 Å². The van der Waals surface area contributed by atoms with Crippen LogP contribution in [0.5, 0.6) is 0 Å². The third kappa shape index (κ3) is 2.41. The van der Waals surface area contributed by atoms with Gasteiger partial charge in [0.2, 0.25) is 5.91 Å². The lowest BCUT2D eigenvalue weighted by molar-refractivity contribution is -0.119. The van der Waals surface area contributed by atoms with Crippen molar-refractivity contribution in [1.29, 1.82) is 0 Å². The maximum atomic E-state index is 11.7. The minimum atomic E-state index is -0.0210. The molecule has 1 saturated heterocycles. The molecule has 1 aliphatic rings. The smallest absolute Gasteiger partial charge is 0.229 e. The van der Waals surface area contributed by atoms with Gasteiger partial charge in [0.05, 0.1) is 12.5 Å². The molecular weight excluding hydrogens is 202 g/mol. The molecule has 0 bridgehead atoms. The molecule has 82 valence electrons. The number of hydrogen-bond donors (Lipinski definition) is 1. The highest BCUT2D eigenvalue weighted by atomic mass is 16.5. The first-order valence-corrected chi connectivity index (χ1v) is 5.25. The zero-order valence-electron chi connectivity index (χ0n) is 8.90. The third-order valence-electron chi connectivity index (χ3n) is 2.62. The van der Waals surface area contributed by atoms with Crippen molar-refractivity contribution in [2.24, 2.45) is 5.92 Å². The van der Waals surface area contributed by atoms with Gasteiger partial charge in [0, 0.05) is 17.9 Å². The van der Waals surface area contributed by atoms with Crippen LogP contribution in [0, 0.1) is 18.3 Å². The highest BCUT2D eigenvalue weighted by Crippen LogP contribution is 2.16. The lowest BCUT2D eigenvalue weighted by atomic mass is 10.1. The number of carbonyl (C=O) groups excluding carboxylic acids is 1. The fourth-order valence-corrected chi connectivity index (χ4v) is 1.64. The summed E-state index contributed by atoms with van der Waals surface area (Å²) in [6.07, 6.45) is 6.05. The van der Waals surface area contributed by atoms with Crippen LogP contribution in [0.2, 0.25) is 0 Å². The first kappa shape index (κ1) is 10.7. The van der Waals surface area contributed by atoms with Crippen LogP contribution in [0.1, 0.15) is 12.0 Å². The van der Waals surface area contributed by atoms with Gasteiger partial charge in [0.15, 0.2) is 0 Å². The zero-order chi connectivity index (χ0) is 11.4. The van der Waals surface area contributed by atoms with E-state index in [0.717, 1.165) is 17.7 Å². The number of carbonyl (C=O) groups is 1. The first-order valence-electron chi connectivity index (χ1n) is 5.25. The van der Waals surface area contributed by atoms with Gasteiger partial charge in [-0.2, -0.15) is 0 Å². The summed E-state index contributed by atoms with van der Waals surface area (Å²) in [5, 5.41) is 2.85. The average molecular weight is 215 g/mol. The molecule has 2 rings (SSSR count). The van der Waals surface area contributed by atoms with E-state index >= 15 is 0 Å². The van der Waals surface area contributed by atoms with E-state index in [4.69, 9.17) is 11.2 Å². The number of amides is 1. The molecule has 1 heterocycles. The standard InChI is InChI=1S/C13H13NO2/c1-2-10-3-5-12(6-4-10)14-13(15)11-7-8-16-9-11/h1,3-6,11H,7-9H2,(H,14,15). The lowest BCUT2D eigenvalue weighted by Gasteiger charge is -2.09. The Morgan fingerprint density at radius 1 is 1.44 bits per heavy atom. The molecule has 1 atom stereocenters. The number of terminal acetylenes is 1. The monoisotopic (exact) mass is 215 g/mol. The van der Waals surface area contributed by atoms with Crippen LogP contribution in [-0.4, -0.2) is 19.1 Å². The fraction of sp³-hybridized carbons (Fsp3) is 0.308. The van der Waals surface area contributed by atoms with E-state index in [2.05, 4.69) is 11.2 Å². The van der Waals surface area contributed by atoms with Gasteiger partial charge in [-0.05, 0) is 30.7 Å². The van der Waals surface area contributed by atoms with Crippen molar-refractivity contribution in [1.82, 2.24) is 0 Å². The van der Waals surface area contributed by atoms with Gasteiger partial charge in [-0.25, -0.2) is 0 Å². The van der Waals surface area contributed by atoms with Crippen molar-refractivity contribution < 1.29 is 9.53 Å². The Kier molecular flexibility index (Phi) is 3.23. The lowest BCUT2D eigenvalue weighted by Crippen LogP contribution is -2.22. The number of nitrogens with one attached hydrogen (secondary N) is 1. The molecule has 3 nitrogen and oxygen atoms in total. The molecule has 1 aromatic carbocycles. The molecule has 1 amide bonds. The normalized spacial score (nSPS) is 19.1. The highest BCUT2D eigenvalue weighted by molar-refractivity contribution is 5.92. The summed E-state index contributed by atoms with van der Waals surface area (Å²) in [7, 11) is 0.